The van der Waals surface area contributed by atoms with Crippen LogP contribution in [0.4, 0.5) is 15.9 Å². The summed E-state index contributed by atoms with van der Waals surface area (Å²) in [6.07, 6.45) is 0.739. The van der Waals surface area contributed by atoms with Gasteiger partial charge in [0.25, 0.3) is 0 Å². The van der Waals surface area contributed by atoms with Crippen molar-refractivity contribution in [3.8, 4) is 22.8 Å². The SMILES string of the molecule is CC.CCO.CCn1nc(Nc2cccc(F)c2)c2c1-c1cc(OC)c(OC)cc1C2.CO. The van der Waals surface area contributed by atoms with E-state index in [9.17, 15) is 4.39 Å². The largest absolute Gasteiger partial charge is 0.493 e. The average molecular weight is 462 g/mol. The number of halogens is 1. The number of ether oxygens (including phenoxy) is 2. The first kappa shape index (κ1) is 27.9. The summed E-state index contributed by atoms with van der Waals surface area (Å²) in [6.45, 7) is 8.72. The minimum atomic E-state index is -0.278. The van der Waals surface area contributed by atoms with Crippen molar-refractivity contribution in [3.05, 3.63) is 53.3 Å². The maximum Gasteiger partial charge on any atom is 0.161 e. The molecule has 0 saturated heterocycles. The Morgan fingerprint density at radius 2 is 1.67 bits per heavy atom. The van der Waals surface area contributed by atoms with Gasteiger partial charge >= 0.3 is 0 Å². The highest BCUT2D eigenvalue weighted by molar-refractivity contribution is 5.82. The van der Waals surface area contributed by atoms with E-state index in [1.807, 2.05) is 36.7 Å². The van der Waals surface area contributed by atoms with Crippen molar-refractivity contribution >= 4 is 11.5 Å². The smallest absolute Gasteiger partial charge is 0.161 e. The van der Waals surface area contributed by atoms with E-state index in [1.54, 1.807) is 27.2 Å². The summed E-state index contributed by atoms with van der Waals surface area (Å²) in [5, 5.41) is 22.5. The van der Waals surface area contributed by atoms with Crippen molar-refractivity contribution in [3.63, 3.8) is 0 Å². The molecule has 0 spiro atoms. The van der Waals surface area contributed by atoms with Gasteiger partial charge in [0.05, 0.1) is 19.9 Å². The maximum absolute atomic E-state index is 13.5. The van der Waals surface area contributed by atoms with Crippen molar-refractivity contribution in [1.29, 1.82) is 0 Å². The van der Waals surface area contributed by atoms with E-state index in [2.05, 4.69) is 17.3 Å². The quantitative estimate of drug-likeness (QED) is 0.387. The molecule has 1 aromatic heterocycles. The Balaban J connectivity index is 0.000000705. The predicted octanol–water partition coefficient (Wildman–Crippen LogP) is 5.01. The van der Waals surface area contributed by atoms with Crippen LogP contribution in [0.2, 0.25) is 0 Å². The molecule has 0 saturated carbocycles. The number of aliphatic hydroxyl groups excluding tert-OH is 2. The van der Waals surface area contributed by atoms with Crippen LogP contribution < -0.4 is 14.8 Å². The molecule has 0 aliphatic heterocycles. The Hall–Kier alpha value is -3.10. The van der Waals surface area contributed by atoms with Gasteiger partial charge < -0.3 is 25.0 Å². The highest BCUT2D eigenvalue weighted by Crippen LogP contribution is 2.45. The van der Waals surface area contributed by atoms with Crippen molar-refractivity contribution in [1.82, 2.24) is 9.78 Å². The van der Waals surface area contributed by atoms with Gasteiger partial charge in [0.1, 0.15) is 5.82 Å². The van der Waals surface area contributed by atoms with E-state index in [4.69, 9.17) is 19.7 Å². The Kier molecular flexibility index (Phi) is 12.0. The fraction of sp³-hybridized carbons (Fsp3) is 0.400. The Labute approximate surface area is 195 Å². The first-order chi connectivity index (χ1) is 16.1. The van der Waals surface area contributed by atoms with Crippen LogP contribution in [0.25, 0.3) is 11.3 Å². The lowest BCUT2D eigenvalue weighted by Crippen LogP contribution is -2.01. The molecule has 4 rings (SSSR count). The first-order valence-corrected chi connectivity index (χ1v) is 11.0. The standard InChI is InChI=1S/C20H20FN3O2.C2H6O.C2H6.CH4O/c1-4-24-19-15-11-18(26-3)17(25-2)9-12(15)8-16(19)20(23-24)22-14-7-5-6-13(21)10-14;1-2-3;2*1-2/h5-7,9-11H,4,8H2,1-3H3,(H,22,23);3H,2H2,1H3;1-2H3;2H,1H3. The molecule has 1 aliphatic carbocycles. The highest BCUT2D eigenvalue weighted by atomic mass is 19.1. The fourth-order valence-corrected chi connectivity index (χ4v) is 3.48. The van der Waals surface area contributed by atoms with Crippen LogP contribution in [0.1, 0.15) is 38.8 Å². The van der Waals surface area contributed by atoms with E-state index >= 15 is 0 Å². The van der Waals surface area contributed by atoms with E-state index in [0.717, 1.165) is 42.7 Å². The summed E-state index contributed by atoms with van der Waals surface area (Å²) < 4.78 is 26.4. The van der Waals surface area contributed by atoms with Crippen LogP contribution in [-0.2, 0) is 13.0 Å². The molecule has 1 heterocycles. The molecule has 3 N–H and O–H groups in total. The summed E-state index contributed by atoms with van der Waals surface area (Å²) in [5.74, 6) is 1.88. The van der Waals surface area contributed by atoms with Gasteiger partial charge in [-0.25, -0.2) is 4.39 Å². The summed E-state index contributed by atoms with van der Waals surface area (Å²) in [7, 11) is 4.27. The number of rotatable bonds is 5. The zero-order valence-electron chi connectivity index (χ0n) is 20.6. The van der Waals surface area contributed by atoms with E-state index < -0.39 is 0 Å². The minimum Gasteiger partial charge on any atom is -0.493 e. The lowest BCUT2D eigenvalue weighted by molar-refractivity contribution is 0.318. The molecule has 0 fully saturated rings. The van der Waals surface area contributed by atoms with Gasteiger partial charge in [-0.3, -0.25) is 4.68 Å². The highest BCUT2D eigenvalue weighted by Gasteiger charge is 2.29. The van der Waals surface area contributed by atoms with E-state index in [0.29, 0.717) is 17.2 Å². The van der Waals surface area contributed by atoms with Crippen LogP contribution in [0, 0.1) is 5.82 Å². The second kappa shape index (κ2) is 14.1. The monoisotopic (exact) mass is 461 g/mol. The molecule has 0 bridgehead atoms. The van der Waals surface area contributed by atoms with Crippen molar-refractivity contribution in [2.45, 2.75) is 40.7 Å². The van der Waals surface area contributed by atoms with Crippen LogP contribution in [0.5, 0.6) is 11.5 Å². The van der Waals surface area contributed by atoms with Gasteiger partial charge in [0.2, 0.25) is 0 Å². The first-order valence-electron chi connectivity index (χ1n) is 11.0. The number of hydrogen-bond acceptors (Lipinski definition) is 6. The molecule has 33 heavy (non-hydrogen) atoms. The van der Waals surface area contributed by atoms with Crippen molar-refractivity contribution in [2.75, 3.05) is 33.3 Å². The topological polar surface area (TPSA) is 88.8 Å². The van der Waals surface area contributed by atoms with Gasteiger partial charge in [0, 0.05) is 43.5 Å². The third kappa shape index (κ3) is 6.46. The zero-order valence-corrected chi connectivity index (χ0v) is 20.6. The number of methoxy groups -OCH3 is 2. The molecular weight excluding hydrogens is 425 g/mol. The molecule has 182 valence electrons. The molecule has 0 unspecified atom stereocenters. The molecule has 0 amide bonds. The van der Waals surface area contributed by atoms with Gasteiger partial charge in [-0.2, -0.15) is 5.10 Å². The number of nitrogens with zero attached hydrogens (tertiary/aromatic N) is 2. The Bertz CT molecular complexity index is 1010. The van der Waals surface area contributed by atoms with Crippen molar-refractivity contribution < 1.29 is 24.1 Å². The molecular formula is C25H36FN3O4. The molecule has 1 aliphatic rings. The number of aromatic nitrogens is 2. The number of benzene rings is 2. The normalized spacial score (nSPS) is 10.2. The second-order valence-corrected chi connectivity index (χ2v) is 6.48. The number of anilines is 2. The zero-order chi connectivity index (χ0) is 25.0. The Morgan fingerprint density at radius 1 is 1.06 bits per heavy atom. The molecule has 7 nitrogen and oxygen atoms in total. The fourth-order valence-electron chi connectivity index (χ4n) is 3.48. The molecule has 8 heteroatoms. The molecule has 0 radical (unpaired) electrons. The number of fused-ring (bicyclic) bond motifs is 3. The lowest BCUT2D eigenvalue weighted by Gasteiger charge is -2.11. The predicted molar refractivity (Wildman–Crippen MR) is 131 cm³/mol. The Morgan fingerprint density at radius 3 is 2.21 bits per heavy atom. The van der Waals surface area contributed by atoms with Crippen molar-refractivity contribution in [2.24, 2.45) is 0 Å². The summed E-state index contributed by atoms with van der Waals surface area (Å²) in [5.41, 5.74) is 5.11. The lowest BCUT2D eigenvalue weighted by atomic mass is 10.1. The third-order valence-corrected chi connectivity index (χ3v) is 4.67. The van der Waals surface area contributed by atoms with E-state index in [-0.39, 0.29) is 12.4 Å². The summed E-state index contributed by atoms with van der Waals surface area (Å²) >= 11 is 0. The summed E-state index contributed by atoms with van der Waals surface area (Å²) in [4.78, 5) is 0. The molecule has 3 aromatic rings. The van der Waals surface area contributed by atoms with Gasteiger partial charge in [-0.05, 0) is 49.7 Å². The van der Waals surface area contributed by atoms with Gasteiger partial charge in [-0.15, -0.1) is 0 Å². The maximum atomic E-state index is 13.5. The van der Waals surface area contributed by atoms with Crippen LogP contribution in [0.3, 0.4) is 0 Å². The summed E-state index contributed by atoms with van der Waals surface area (Å²) in [6, 6.07) is 10.4. The van der Waals surface area contributed by atoms with Gasteiger partial charge in [-0.1, -0.05) is 19.9 Å². The van der Waals surface area contributed by atoms with Crippen LogP contribution in [-0.4, -0.2) is 47.9 Å². The van der Waals surface area contributed by atoms with Crippen LogP contribution >= 0.6 is 0 Å². The number of aliphatic hydroxyl groups is 2. The van der Waals surface area contributed by atoms with Crippen LogP contribution in [0.15, 0.2) is 36.4 Å². The second-order valence-electron chi connectivity index (χ2n) is 6.48. The van der Waals surface area contributed by atoms with Gasteiger partial charge in [0.15, 0.2) is 17.3 Å². The van der Waals surface area contributed by atoms with E-state index in [1.165, 1.54) is 17.7 Å². The number of hydrogen-bond donors (Lipinski definition) is 3. The third-order valence-electron chi connectivity index (χ3n) is 4.67. The molecule has 0 atom stereocenters. The average Bonchev–Trinajstić information content (AvgIpc) is 3.38. The minimum absolute atomic E-state index is 0.250. The number of nitrogens with one attached hydrogen (secondary N) is 1. The molecule has 2 aromatic carbocycles. The number of aryl methyl sites for hydroxylation is 1.